The number of hydrogen-bond donors (Lipinski definition) is 1. The van der Waals surface area contributed by atoms with Gasteiger partial charge in [0.1, 0.15) is 5.75 Å². The van der Waals surface area contributed by atoms with E-state index in [-0.39, 0.29) is 18.5 Å². The Kier molecular flexibility index (Phi) is 4.84. The summed E-state index contributed by atoms with van der Waals surface area (Å²) in [7, 11) is 1.57. The van der Waals surface area contributed by atoms with Gasteiger partial charge >= 0.3 is 0 Å². The van der Waals surface area contributed by atoms with Gasteiger partial charge in [-0.05, 0) is 30.3 Å². The Labute approximate surface area is 158 Å². The summed E-state index contributed by atoms with van der Waals surface area (Å²) in [6.07, 6.45) is 0. The Morgan fingerprint density at radius 1 is 1.19 bits per heavy atom. The number of fused-ring (bicyclic) bond motifs is 1. The largest absolute Gasteiger partial charge is 0.497 e. The summed E-state index contributed by atoms with van der Waals surface area (Å²) in [5, 5.41) is 11.1. The molecule has 0 aliphatic carbocycles. The van der Waals surface area contributed by atoms with Gasteiger partial charge in [0, 0.05) is 17.3 Å². The number of aromatic nitrogens is 2. The summed E-state index contributed by atoms with van der Waals surface area (Å²) in [4.78, 5) is 12.1. The first-order valence-electron chi connectivity index (χ1n) is 8.01. The molecular formula is C18H15N3O5S. The van der Waals surface area contributed by atoms with Crippen molar-refractivity contribution in [2.24, 2.45) is 0 Å². The van der Waals surface area contributed by atoms with Crippen LogP contribution in [0.2, 0.25) is 0 Å². The zero-order valence-electron chi connectivity index (χ0n) is 14.3. The fourth-order valence-corrected chi connectivity index (χ4v) is 3.00. The molecule has 0 spiro atoms. The number of methoxy groups -OCH3 is 1. The van der Waals surface area contributed by atoms with E-state index in [0.717, 1.165) is 17.3 Å². The number of benzene rings is 2. The molecule has 1 aliphatic heterocycles. The Morgan fingerprint density at radius 3 is 2.96 bits per heavy atom. The summed E-state index contributed by atoms with van der Waals surface area (Å²) in [5.74, 6) is 2.30. The summed E-state index contributed by atoms with van der Waals surface area (Å²) >= 11 is 1.16. The third-order valence-corrected chi connectivity index (χ3v) is 4.52. The quantitative estimate of drug-likeness (QED) is 0.646. The van der Waals surface area contributed by atoms with Gasteiger partial charge in [-0.15, -0.1) is 10.2 Å². The minimum atomic E-state index is -0.184. The lowest BCUT2D eigenvalue weighted by Gasteiger charge is -2.05. The highest BCUT2D eigenvalue weighted by molar-refractivity contribution is 7.99. The van der Waals surface area contributed by atoms with Crippen LogP contribution in [0.4, 0.5) is 5.69 Å². The van der Waals surface area contributed by atoms with Crippen LogP contribution in [0.1, 0.15) is 0 Å². The van der Waals surface area contributed by atoms with Crippen LogP contribution in [-0.4, -0.2) is 35.8 Å². The number of rotatable bonds is 6. The molecule has 3 aromatic rings. The predicted octanol–water partition coefficient (Wildman–Crippen LogP) is 3.20. The van der Waals surface area contributed by atoms with E-state index in [4.69, 9.17) is 18.6 Å². The molecule has 2 heterocycles. The maximum atomic E-state index is 12.1. The SMILES string of the molecule is COc1cccc(NC(=O)CSc2nnc(-c3ccc4c(c3)OCO4)o2)c1. The van der Waals surface area contributed by atoms with Crippen LogP contribution in [-0.2, 0) is 4.79 Å². The number of anilines is 1. The van der Waals surface area contributed by atoms with Crippen LogP contribution >= 0.6 is 11.8 Å². The standard InChI is InChI=1S/C18H15N3O5S/c1-23-13-4-2-3-12(8-13)19-16(22)9-27-18-21-20-17(26-18)11-5-6-14-15(7-11)25-10-24-14/h2-8H,9-10H2,1H3,(H,19,22). The van der Waals surface area contributed by atoms with Gasteiger partial charge in [0.2, 0.25) is 18.6 Å². The number of nitrogens with one attached hydrogen (secondary N) is 1. The lowest BCUT2D eigenvalue weighted by atomic mass is 10.2. The smallest absolute Gasteiger partial charge is 0.277 e. The lowest BCUT2D eigenvalue weighted by molar-refractivity contribution is -0.113. The highest BCUT2D eigenvalue weighted by Gasteiger charge is 2.17. The van der Waals surface area contributed by atoms with E-state index in [1.807, 2.05) is 6.07 Å². The second-order valence-electron chi connectivity index (χ2n) is 5.51. The Bertz CT molecular complexity index is 975. The average Bonchev–Trinajstić information content (AvgIpc) is 3.35. The number of nitrogens with zero attached hydrogens (tertiary/aromatic N) is 2. The van der Waals surface area contributed by atoms with Crippen LogP contribution in [0.25, 0.3) is 11.5 Å². The minimum absolute atomic E-state index is 0.139. The van der Waals surface area contributed by atoms with Crippen molar-refractivity contribution in [3.8, 4) is 28.7 Å². The van der Waals surface area contributed by atoms with Gasteiger partial charge in [-0.2, -0.15) is 0 Å². The molecule has 0 radical (unpaired) electrons. The van der Waals surface area contributed by atoms with Crippen molar-refractivity contribution in [2.45, 2.75) is 5.22 Å². The van der Waals surface area contributed by atoms with E-state index in [1.165, 1.54) is 0 Å². The summed E-state index contributed by atoms with van der Waals surface area (Å²) < 4.78 is 21.4. The maximum Gasteiger partial charge on any atom is 0.277 e. The van der Waals surface area contributed by atoms with Crippen LogP contribution in [0.15, 0.2) is 52.1 Å². The molecule has 0 unspecified atom stereocenters. The third-order valence-electron chi connectivity index (χ3n) is 3.71. The van der Waals surface area contributed by atoms with Crippen LogP contribution in [0.5, 0.6) is 17.2 Å². The van der Waals surface area contributed by atoms with E-state index in [9.17, 15) is 4.79 Å². The monoisotopic (exact) mass is 385 g/mol. The molecule has 27 heavy (non-hydrogen) atoms. The Morgan fingerprint density at radius 2 is 2.07 bits per heavy atom. The van der Waals surface area contributed by atoms with Crippen molar-refractivity contribution in [3.63, 3.8) is 0 Å². The second-order valence-corrected chi connectivity index (χ2v) is 6.44. The van der Waals surface area contributed by atoms with Crippen molar-refractivity contribution in [1.29, 1.82) is 0 Å². The topological polar surface area (TPSA) is 95.7 Å². The van der Waals surface area contributed by atoms with Crippen molar-refractivity contribution in [3.05, 3.63) is 42.5 Å². The van der Waals surface area contributed by atoms with Crippen LogP contribution in [0, 0.1) is 0 Å². The predicted molar refractivity (Wildman–Crippen MR) is 98.2 cm³/mol. The first-order chi connectivity index (χ1) is 13.2. The molecule has 1 N–H and O–H groups in total. The first-order valence-corrected chi connectivity index (χ1v) is 9.00. The molecule has 8 nitrogen and oxygen atoms in total. The maximum absolute atomic E-state index is 12.1. The fraction of sp³-hybridized carbons (Fsp3) is 0.167. The molecule has 1 amide bonds. The zero-order valence-corrected chi connectivity index (χ0v) is 15.1. The lowest BCUT2D eigenvalue weighted by Crippen LogP contribution is -2.13. The van der Waals surface area contributed by atoms with Crippen molar-refractivity contribution in [2.75, 3.05) is 25.0 Å². The molecular weight excluding hydrogens is 370 g/mol. The first kappa shape index (κ1) is 17.2. The van der Waals surface area contributed by atoms with E-state index >= 15 is 0 Å². The molecule has 0 saturated carbocycles. The van der Waals surface area contributed by atoms with E-state index < -0.39 is 0 Å². The number of hydrogen-bond acceptors (Lipinski definition) is 8. The second kappa shape index (κ2) is 7.58. The number of amides is 1. The number of carbonyl (C=O) groups excluding carboxylic acids is 1. The van der Waals surface area contributed by atoms with E-state index in [1.54, 1.807) is 43.5 Å². The highest BCUT2D eigenvalue weighted by atomic mass is 32.2. The molecule has 1 aliphatic rings. The third kappa shape index (κ3) is 3.98. The highest BCUT2D eigenvalue weighted by Crippen LogP contribution is 2.36. The van der Waals surface area contributed by atoms with Gasteiger partial charge in [0.25, 0.3) is 5.22 Å². The summed E-state index contributed by atoms with van der Waals surface area (Å²) in [6, 6.07) is 12.5. The molecule has 1 aromatic heterocycles. The normalized spacial score (nSPS) is 12.0. The zero-order chi connectivity index (χ0) is 18.6. The summed E-state index contributed by atoms with van der Waals surface area (Å²) in [5.41, 5.74) is 1.38. The molecule has 0 fully saturated rings. The number of ether oxygens (including phenoxy) is 3. The van der Waals surface area contributed by atoms with Crippen molar-refractivity contribution < 1.29 is 23.4 Å². The van der Waals surface area contributed by atoms with Gasteiger partial charge in [-0.25, -0.2) is 0 Å². The number of carbonyl (C=O) groups is 1. The van der Waals surface area contributed by atoms with Gasteiger partial charge < -0.3 is 23.9 Å². The van der Waals surface area contributed by atoms with Gasteiger partial charge in [-0.1, -0.05) is 17.8 Å². The molecule has 9 heteroatoms. The molecule has 138 valence electrons. The molecule has 0 saturated heterocycles. The molecule has 2 aromatic carbocycles. The Balaban J connectivity index is 1.36. The van der Waals surface area contributed by atoms with Gasteiger partial charge in [-0.3, -0.25) is 4.79 Å². The van der Waals surface area contributed by atoms with Gasteiger partial charge in [0.15, 0.2) is 11.5 Å². The average molecular weight is 385 g/mol. The van der Waals surface area contributed by atoms with E-state index in [2.05, 4.69) is 15.5 Å². The van der Waals surface area contributed by atoms with Crippen molar-refractivity contribution in [1.82, 2.24) is 10.2 Å². The van der Waals surface area contributed by atoms with Crippen molar-refractivity contribution >= 4 is 23.4 Å². The Hall–Kier alpha value is -3.20. The number of thioether (sulfide) groups is 1. The van der Waals surface area contributed by atoms with Crippen LogP contribution < -0.4 is 19.5 Å². The van der Waals surface area contributed by atoms with Gasteiger partial charge in [0.05, 0.1) is 12.9 Å². The minimum Gasteiger partial charge on any atom is -0.497 e. The molecule has 0 atom stereocenters. The molecule has 4 rings (SSSR count). The summed E-state index contributed by atoms with van der Waals surface area (Å²) in [6.45, 7) is 0.201. The fourth-order valence-electron chi connectivity index (χ4n) is 2.44. The van der Waals surface area contributed by atoms with E-state index in [0.29, 0.717) is 34.0 Å². The van der Waals surface area contributed by atoms with Crippen LogP contribution in [0.3, 0.4) is 0 Å². The molecule has 0 bridgehead atoms.